The van der Waals surface area contributed by atoms with E-state index in [2.05, 4.69) is 0 Å². The predicted molar refractivity (Wildman–Crippen MR) is 85.1 cm³/mol. The fourth-order valence-corrected chi connectivity index (χ4v) is 2.57. The first-order valence-electron chi connectivity index (χ1n) is 8.38. The van der Waals surface area contributed by atoms with Gasteiger partial charge in [0, 0.05) is 25.7 Å². The Morgan fingerprint density at radius 3 is 1.74 bits per heavy atom. The molecule has 6 heteroatoms. The quantitative estimate of drug-likeness (QED) is 0.503. The van der Waals surface area contributed by atoms with Crippen LogP contribution in [0.4, 0.5) is 0 Å². The Labute approximate surface area is 138 Å². The maximum Gasteiger partial charge on any atom is 0.165 e. The summed E-state index contributed by atoms with van der Waals surface area (Å²) in [5.74, 6) is -0.602. The minimum absolute atomic E-state index is 0.233. The van der Waals surface area contributed by atoms with Gasteiger partial charge < -0.3 is 28.5 Å². The van der Waals surface area contributed by atoms with Crippen molar-refractivity contribution in [3.63, 3.8) is 0 Å². The van der Waals surface area contributed by atoms with Crippen molar-refractivity contribution >= 4 is 12.1 Å². The average Bonchev–Trinajstić information content (AvgIpc) is 3.09. The summed E-state index contributed by atoms with van der Waals surface area (Å²) in [5.41, 5.74) is 0. The van der Waals surface area contributed by atoms with E-state index in [1.165, 1.54) is 0 Å². The van der Waals surface area contributed by atoms with Crippen LogP contribution in [-0.4, -0.2) is 50.1 Å². The van der Waals surface area contributed by atoms with Crippen LogP contribution in [0.1, 0.15) is 59.3 Å². The van der Waals surface area contributed by atoms with E-state index in [1.807, 2.05) is 13.8 Å². The van der Waals surface area contributed by atoms with Crippen molar-refractivity contribution in [3.8, 4) is 0 Å². The first-order valence-corrected chi connectivity index (χ1v) is 8.38. The highest BCUT2D eigenvalue weighted by molar-refractivity contribution is 5.75. The Kier molecular flexibility index (Phi) is 8.91. The van der Waals surface area contributed by atoms with Gasteiger partial charge in [-0.25, -0.2) is 0 Å². The Hall–Kier alpha value is -0.820. The molecule has 0 aromatic rings. The minimum atomic E-state index is -0.421. The predicted octanol–water partition coefficient (Wildman–Crippen LogP) is 2.63. The molecule has 0 saturated carbocycles. The summed E-state index contributed by atoms with van der Waals surface area (Å²) in [4.78, 5) is 20.6. The Bertz CT molecular complexity index is 356. The van der Waals surface area contributed by atoms with Gasteiger partial charge in [-0.1, -0.05) is 0 Å². The van der Waals surface area contributed by atoms with E-state index < -0.39 is 11.6 Å². The van der Waals surface area contributed by atoms with Gasteiger partial charge in [0.25, 0.3) is 0 Å². The smallest absolute Gasteiger partial charge is 0.165 e. The number of rotatable bonds is 8. The molecule has 2 heterocycles. The zero-order valence-electron chi connectivity index (χ0n) is 14.6. The molecule has 0 atom stereocenters. The summed E-state index contributed by atoms with van der Waals surface area (Å²) < 4.78 is 21.5. The van der Waals surface area contributed by atoms with Crippen LogP contribution >= 0.6 is 0 Å². The van der Waals surface area contributed by atoms with Crippen molar-refractivity contribution in [2.24, 2.45) is 0 Å². The second kappa shape index (κ2) is 10.1. The molecule has 0 spiro atoms. The van der Waals surface area contributed by atoms with E-state index in [0.717, 1.165) is 32.0 Å². The molecule has 2 aliphatic rings. The fraction of sp³-hybridized carbons (Fsp3) is 0.882. The molecule has 0 aromatic carbocycles. The van der Waals surface area contributed by atoms with Crippen LogP contribution < -0.4 is 0 Å². The third-order valence-electron chi connectivity index (χ3n) is 3.91. The van der Waals surface area contributed by atoms with Crippen molar-refractivity contribution in [3.05, 3.63) is 0 Å². The molecule has 0 amide bonds. The van der Waals surface area contributed by atoms with E-state index >= 15 is 0 Å². The van der Waals surface area contributed by atoms with E-state index in [-0.39, 0.29) is 5.78 Å². The molecule has 2 fully saturated rings. The molecular weight excluding hydrogens is 300 g/mol. The highest BCUT2D eigenvalue weighted by atomic mass is 16.7. The van der Waals surface area contributed by atoms with Gasteiger partial charge in [-0.05, 0) is 33.6 Å². The van der Waals surface area contributed by atoms with Crippen molar-refractivity contribution < 1.29 is 28.5 Å². The minimum Gasteiger partial charge on any atom is -0.348 e. The number of ketones is 1. The van der Waals surface area contributed by atoms with Gasteiger partial charge in [0.1, 0.15) is 12.1 Å². The molecular formula is C17H30O6. The lowest BCUT2D eigenvalue weighted by Crippen LogP contribution is -2.25. The summed E-state index contributed by atoms with van der Waals surface area (Å²) in [6, 6.07) is 0. The van der Waals surface area contributed by atoms with Gasteiger partial charge in [0.05, 0.1) is 26.4 Å². The summed E-state index contributed by atoms with van der Waals surface area (Å²) in [6.07, 6.45) is 5.48. The normalized spacial score (nSPS) is 21.5. The number of aldehydes is 1. The Morgan fingerprint density at radius 2 is 1.35 bits per heavy atom. The van der Waals surface area contributed by atoms with Crippen LogP contribution in [-0.2, 0) is 28.5 Å². The largest absolute Gasteiger partial charge is 0.348 e. The third kappa shape index (κ3) is 8.55. The van der Waals surface area contributed by atoms with Gasteiger partial charge >= 0.3 is 0 Å². The number of unbranched alkanes of at least 4 members (excludes halogenated alkanes) is 1. The number of Topliss-reactive ketones (excluding diaryl/α,β-unsaturated/α-hetero) is 1. The van der Waals surface area contributed by atoms with Crippen LogP contribution in [0, 0.1) is 0 Å². The van der Waals surface area contributed by atoms with E-state index in [4.69, 9.17) is 18.9 Å². The molecule has 2 aliphatic heterocycles. The van der Waals surface area contributed by atoms with Gasteiger partial charge in [-0.15, -0.1) is 0 Å². The zero-order valence-corrected chi connectivity index (χ0v) is 14.6. The molecule has 0 bridgehead atoms. The van der Waals surface area contributed by atoms with Crippen molar-refractivity contribution in [2.75, 3.05) is 26.4 Å². The number of carbonyl (C=O) groups is 2. The van der Waals surface area contributed by atoms with Crippen LogP contribution in [0.25, 0.3) is 0 Å². The van der Waals surface area contributed by atoms with E-state index in [9.17, 15) is 9.59 Å². The molecule has 23 heavy (non-hydrogen) atoms. The summed E-state index contributed by atoms with van der Waals surface area (Å²) in [6.45, 7) is 8.17. The third-order valence-corrected chi connectivity index (χ3v) is 3.91. The first-order chi connectivity index (χ1) is 10.9. The molecule has 0 unspecified atom stereocenters. The van der Waals surface area contributed by atoms with Gasteiger partial charge in [0.15, 0.2) is 11.6 Å². The molecule has 2 rings (SSSR count). The van der Waals surface area contributed by atoms with Crippen LogP contribution in [0.3, 0.4) is 0 Å². The first kappa shape index (κ1) is 20.2. The molecule has 0 aromatic heterocycles. The number of ether oxygens (including phenoxy) is 4. The van der Waals surface area contributed by atoms with Crippen LogP contribution in [0.15, 0.2) is 0 Å². The van der Waals surface area contributed by atoms with E-state index in [0.29, 0.717) is 39.3 Å². The van der Waals surface area contributed by atoms with E-state index in [1.54, 1.807) is 6.92 Å². The molecule has 0 radical (unpaired) electrons. The number of hydrogen-bond donors (Lipinski definition) is 0. The molecule has 134 valence electrons. The number of carbonyl (C=O) groups excluding carboxylic acids is 2. The molecule has 0 aliphatic carbocycles. The molecule has 2 saturated heterocycles. The van der Waals surface area contributed by atoms with Gasteiger partial charge in [-0.2, -0.15) is 0 Å². The lowest BCUT2D eigenvalue weighted by Gasteiger charge is -2.21. The zero-order chi connectivity index (χ0) is 17.2. The topological polar surface area (TPSA) is 71.1 Å². The lowest BCUT2D eigenvalue weighted by atomic mass is 10.1. The van der Waals surface area contributed by atoms with Crippen molar-refractivity contribution in [1.29, 1.82) is 0 Å². The van der Waals surface area contributed by atoms with Gasteiger partial charge in [-0.3, -0.25) is 0 Å². The molecule has 6 nitrogen and oxygen atoms in total. The lowest BCUT2D eigenvalue weighted by molar-refractivity contribution is -0.148. The Balaban J connectivity index is 0.000000231. The Morgan fingerprint density at radius 1 is 0.913 bits per heavy atom. The van der Waals surface area contributed by atoms with Crippen molar-refractivity contribution in [1.82, 2.24) is 0 Å². The fourth-order valence-electron chi connectivity index (χ4n) is 2.57. The summed E-state index contributed by atoms with van der Waals surface area (Å²) in [7, 11) is 0. The van der Waals surface area contributed by atoms with Crippen LogP contribution in [0.5, 0.6) is 0 Å². The second-order valence-corrected chi connectivity index (χ2v) is 6.28. The second-order valence-electron chi connectivity index (χ2n) is 6.28. The highest BCUT2D eigenvalue weighted by Gasteiger charge is 2.30. The van der Waals surface area contributed by atoms with Crippen molar-refractivity contribution in [2.45, 2.75) is 70.9 Å². The maximum absolute atomic E-state index is 10.6. The number of hydrogen-bond acceptors (Lipinski definition) is 6. The summed E-state index contributed by atoms with van der Waals surface area (Å²) in [5, 5.41) is 0. The summed E-state index contributed by atoms with van der Waals surface area (Å²) >= 11 is 0. The average molecular weight is 330 g/mol. The van der Waals surface area contributed by atoms with Crippen LogP contribution in [0.2, 0.25) is 0 Å². The highest BCUT2D eigenvalue weighted by Crippen LogP contribution is 2.25. The standard InChI is InChI=1S/C9H16O3.C8H14O3/c1-8(10)4-3-5-9(2)11-6-7-12-9;1-8(4-2-3-5-9)10-6-7-11-8/h3-7H2,1-2H3;5H,2-4,6-7H2,1H3. The SMILES string of the molecule is CC(=O)CCCC1(C)OCCO1.CC1(CCCC=O)OCCO1. The maximum atomic E-state index is 10.6. The monoisotopic (exact) mass is 330 g/mol. The van der Waals surface area contributed by atoms with Gasteiger partial charge in [0.2, 0.25) is 0 Å². The molecule has 0 N–H and O–H groups in total.